The summed E-state index contributed by atoms with van der Waals surface area (Å²) in [5.74, 6) is 0.449. The fourth-order valence-corrected chi connectivity index (χ4v) is 3.05. The van der Waals surface area contributed by atoms with Crippen LogP contribution < -0.4 is 5.32 Å². The average Bonchev–Trinajstić information content (AvgIpc) is 3.21. The molecule has 1 aromatic heterocycles. The third kappa shape index (κ3) is 4.20. The van der Waals surface area contributed by atoms with Gasteiger partial charge in [0.2, 0.25) is 5.91 Å². The Bertz CT molecular complexity index is 636. The van der Waals surface area contributed by atoms with Crippen LogP contribution >= 0.6 is 0 Å². The highest BCUT2D eigenvalue weighted by Gasteiger charge is 2.25. The van der Waals surface area contributed by atoms with Crippen LogP contribution in [0.3, 0.4) is 0 Å². The molecule has 5 heteroatoms. The number of carbonyl (C=O) groups is 1. The summed E-state index contributed by atoms with van der Waals surface area (Å²) in [7, 11) is 0. The molecule has 3 rings (SSSR count). The van der Waals surface area contributed by atoms with Crippen molar-refractivity contribution in [3.63, 3.8) is 0 Å². The number of amides is 1. The second-order valence-corrected chi connectivity index (χ2v) is 5.89. The van der Waals surface area contributed by atoms with Gasteiger partial charge in [-0.05, 0) is 55.8 Å². The van der Waals surface area contributed by atoms with Crippen LogP contribution in [0.5, 0.6) is 0 Å². The Kier molecular flexibility index (Phi) is 5.08. The van der Waals surface area contributed by atoms with E-state index in [1.54, 1.807) is 18.4 Å². The summed E-state index contributed by atoms with van der Waals surface area (Å²) < 4.78 is 18.7. The summed E-state index contributed by atoms with van der Waals surface area (Å²) in [6, 6.07) is 10.0. The smallest absolute Gasteiger partial charge is 0.224 e. The Morgan fingerprint density at radius 1 is 1.26 bits per heavy atom. The lowest BCUT2D eigenvalue weighted by molar-refractivity contribution is -0.120. The number of carbonyl (C=O) groups excluding carboxylic acids is 1. The number of hydrogen-bond donors (Lipinski definition) is 1. The van der Waals surface area contributed by atoms with Gasteiger partial charge in [-0.2, -0.15) is 0 Å². The minimum Gasteiger partial charge on any atom is -0.468 e. The summed E-state index contributed by atoms with van der Waals surface area (Å²) in [5, 5.41) is 2.95. The highest BCUT2D eigenvalue weighted by Crippen LogP contribution is 2.24. The number of furan rings is 1. The van der Waals surface area contributed by atoms with Crippen LogP contribution in [0.25, 0.3) is 0 Å². The fourth-order valence-electron chi connectivity index (χ4n) is 3.05. The molecule has 1 aliphatic rings. The zero-order valence-electron chi connectivity index (χ0n) is 13.0. The number of nitrogens with zero attached hydrogens (tertiary/aromatic N) is 1. The Labute approximate surface area is 135 Å². The summed E-state index contributed by atoms with van der Waals surface area (Å²) in [4.78, 5) is 14.5. The van der Waals surface area contributed by atoms with Crippen molar-refractivity contribution in [1.29, 1.82) is 0 Å². The van der Waals surface area contributed by atoms with Crippen LogP contribution in [0, 0.1) is 5.82 Å². The van der Waals surface area contributed by atoms with E-state index in [-0.39, 0.29) is 24.2 Å². The maximum absolute atomic E-state index is 13.2. The molecule has 1 atom stereocenters. The maximum atomic E-state index is 13.2. The summed E-state index contributed by atoms with van der Waals surface area (Å²) in [6.45, 7) is 2.54. The monoisotopic (exact) mass is 316 g/mol. The highest BCUT2D eigenvalue weighted by atomic mass is 19.1. The molecule has 0 saturated carbocycles. The van der Waals surface area contributed by atoms with Gasteiger partial charge in [0.1, 0.15) is 11.6 Å². The molecule has 0 radical (unpaired) electrons. The molecule has 23 heavy (non-hydrogen) atoms. The van der Waals surface area contributed by atoms with E-state index in [4.69, 9.17) is 4.42 Å². The van der Waals surface area contributed by atoms with E-state index in [2.05, 4.69) is 10.2 Å². The molecule has 122 valence electrons. The zero-order chi connectivity index (χ0) is 16.1. The summed E-state index contributed by atoms with van der Waals surface area (Å²) in [5.41, 5.74) is 0.679. The fraction of sp³-hybridized carbons (Fsp3) is 0.389. The van der Waals surface area contributed by atoms with E-state index in [0.29, 0.717) is 12.1 Å². The number of benzene rings is 1. The van der Waals surface area contributed by atoms with Crippen molar-refractivity contribution in [2.75, 3.05) is 19.6 Å². The molecule has 1 saturated heterocycles. The Hall–Kier alpha value is -2.14. The molecule has 1 fully saturated rings. The van der Waals surface area contributed by atoms with Gasteiger partial charge in [0, 0.05) is 6.54 Å². The van der Waals surface area contributed by atoms with Gasteiger partial charge < -0.3 is 9.73 Å². The average molecular weight is 316 g/mol. The maximum Gasteiger partial charge on any atom is 0.224 e. The van der Waals surface area contributed by atoms with Gasteiger partial charge in [0.15, 0.2) is 0 Å². The van der Waals surface area contributed by atoms with Gasteiger partial charge in [-0.3, -0.25) is 9.69 Å². The molecule has 0 spiro atoms. The lowest BCUT2D eigenvalue weighted by Gasteiger charge is -2.26. The number of likely N-dealkylation sites (tertiary alicyclic amines) is 1. The number of nitrogens with one attached hydrogen (secondary N) is 1. The van der Waals surface area contributed by atoms with Gasteiger partial charge in [-0.15, -0.1) is 0 Å². The molecule has 2 aromatic rings. The van der Waals surface area contributed by atoms with E-state index in [1.165, 1.54) is 25.0 Å². The van der Waals surface area contributed by atoms with Gasteiger partial charge >= 0.3 is 0 Å². The van der Waals surface area contributed by atoms with Gasteiger partial charge in [0.25, 0.3) is 0 Å². The molecule has 1 aliphatic heterocycles. The molecular formula is C18H21FN2O2. The second-order valence-electron chi connectivity index (χ2n) is 5.89. The number of rotatable bonds is 6. The van der Waals surface area contributed by atoms with Gasteiger partial charge in [-0.1, -0.05) is 12.1 Å². The third-order valence-corrected chi connectivity index (χ3v) is 4.20. The van der Waals surface area contributed by atoms with Crippen molar-refractivity contribution in [1.82, 2.24) is 10.2 Å². The molecule has 4 nitrogen and oxygen atoms in total. The van der Waals surface area contributed by atoms with Crippen LogP contribution in [-0.4, -0.2) is 30.4 Å². The molecule has 1 amide bonds. The quantitative estimate of drug-likeness (QED) is 0.891. The summed E-state index contributed by atoms with van der Waals surface area (Å²) >= 11 is 0. The summed E-state index contributed by atoms with van der Waals surface area (Å²) in [6.07, 6.45) is 4.19. The van der Waals surface area contributed by atoms with Crippen LogP contribution in [0.2, 0.25) is 0 Å². The topological polar surface area (TPSA) is 45.5 Å². The molecule has 1 aromatic carbocycles. The lowest BCUT2D eigenvalue weighted by atomic mass is 10.1. The Balaban J connectivity index is 1.59. The van der Waals surface area contributed by atoms with Gasteiger partial charge in [-0.25, -0.2) is 4.39 Å². The standard InChI is InChI=1S/C18H21FN2O2/c19-15-6-3-5-14(11-15)12-18(22)20-13-16(17-7-4-10-23-17)21-8-1-2-9-21/h3-7,10-11,16H,1-2,8-9,12-13H2,(H,20,22). The molecule has 2 heterocycles. The first-order valence-electron chi connectivity index (χ1n) is 8.01. The second kappa shape index (κ2) is 7.42. The van der Waals surface area contributed by atoms with Crippen molar-refractivity contribution >= 4 is 5.91 Å². The van der Waals surface area contributed by atoms with Gasteiger partial charge in [0.05, 0.1) is 18.7 Å². The van der Waals surface area contributed by atoms with E-state index in [0.717, 1.165) is 18.8 Å². The van der Waals surface area contributed by atoms with E-state index < -0.39 is 0 Å². The van der Waals surface area contributed by atoms with E-state index >= 15 is 0 Å². The SMILES string of the molecule is O=C(Cc1cccc(F)c1)NCC(c1ccco1)N1CCCC1. The minimum absolute atomic E-state index is 0.0592. The predicted octanol–water partition coefficient (Wildman–Crippen LogP) is 2.91. The minimum atomic E-state index is -0.319. The van der Waals surface area contributed by atoms with Crippen LogP contribution in [0.4, 0.5) is 4.39 Å². The zero-order valence-corrected chi connectivity index (χ0v) is 13.0. The van der Waals surface area contributed by atoms with Crippen molar-refractivity contribution in [3.8, 4) is 0 Å². The van der Waals surface area contributed by atoms with E-state index in [1.807, 2.05) is 12.1 Å². The third-order valence-electron chi connectivity index (χ3n) is 4.20. The van der Waals surface area contributed by atoms with Crippen molar-refractivity contribution in [3.05, 3.63) is 59.8 Å². The van der Waals surface area contributed by atoms with Crippen LogP contribution in [0.1, 0.15) is 30.2 Å². The van der Waals surface area contributed by atoms with Crippen LogP contribution in [0.15, 0.2) is 47.1 Å². The largest absolute Gasteiger partial charge is 0.468 e. The molecule has 0 aliphatic carbocycles. The first-order valence-corrected chi connectivity index (χ1v) is 8.01. The number of halogens is 1. The Morgan fingerprint density at radius 3 is 2.78 bits per heavy atom. The van der Waals surface area contributed by atoms with E-state index in [9.17, 15) is 9.18 Å². The van der Waals surface area contributed by atoms with Crippen molar-refractivity contribution in [2.45, 2.75) is 25.3 Å². The van der Waals surface area contributed by atoms with Crippen molar-refractivity contribution < 1.29 is 13.6 Å². The predicted molar refractivity (Wildman–Crippen MR) is 85.4 cm³/mol. The molecule has 0 bridgehead atoms. The lowest BCUT2D eigenvalue weighted by Crippen LogP contribution is -2.37. The number of hydrogen-bond acceptors (Lipinski definition) is 3. The molecule has 1 N–H and O–H groups in total. The normalized spacial score (nSPS) is 16.4. The first kappa shape index (κ1) is 15.7. The van der Waals surface area contributed by atoms with Crippen molar-refractivity contribution in [2.24, 2.45) is 0 Å². The Morgan fingerprint density at radius 2 is 2.09 bits per heavy atom. The molecule has 1 unspecified atom stereocenters. The van der Waals surface area contributed by atoms with Crippen LogP contribution in [-0.2, 0) is 11.2 Å². The highest BCUT2D eigenvalue weighted by molar-refractivity contribution is 5.78. The first-order chi connectivity index (χ1) is 11.2. The molecular weight excluding hydrogens is 295 g/mol.